The number of nitrogens with one attached hydrogen (secondary N) is 1. The lowest BCUT2D eigenvalue weighted by Gasteiger charge is -2.28. The maximum atomic E-state index is 5.73. The van der Waals surface area contributed by atoms with Crippen LogP contribution in [-0.2, 0) is 4.74 Å². The Kier molecular flexibility index (Phi) is 5.41. The van der Waals surface area contributed by atoms with Gasteiger partial charge in [0.1, 0.15) is 5.03 Å². The van der Waals surface area contributed by atoms with Crippen molar-refractivity contribution >= 4 is 34.8 Å². The molecular weight excluding hydrogens is 358 g/mol. The highest BCUT2D eigenvalue weighted by Gasteiger charge is 2.11. The summed E-state index contributed by atoms with van der Waals surface area (Å²) in [5.74, 6) is 0.578. The van der Waals surface area contributed by atoms with E-state index >= 15 is 0 Å². The van der Waals surface area contributed by atoms with E-state index in [0.29, 0.717) is 5.95 Å². The molecule has 0 spiro atoms. The van der Waals surface area contributed by atoms with E-state index in [4.69, 9.17) is 10.5 Å². The van der Waals surface area contributed by atoms with E-state index in [-0.39, 0.29) is 0 Å². The Balaban J connectivity index is 1.42. The molecule has 1 aliphatic heterocycles. The first kappa shape index (κ1) is 17.6. The molecule has 1 aromatic heterocycles. The van der Waals surface area contributed by atoms with Crippen LogP contribution in [0.5, 0.6) is 0 Å². The highest BCUT2D eigenvalue weighted by molar-refractivity contribution is 7.99. The molecule has 0 amide bonds. The maximum Gasteiger partial charge on any atom is 0.228 e. The van der Waals surface area contributed by atoms with Crippen LogP contribution >= 0.6 is 11.8 Å². The second-order valence-corrected chi connectivity index (χ2v) is 7.25. The number of anilines is 4. The molecule has 0 saturated carbocycles. The monoisotopic (exact) mass is 379 g/mol. The Morgan fingerprint density at radius 1 is 0.963 bits per heavy atom. The van der Waals surface area contributed by atoms with Gasteiger partial charge in [-0.15, -0.1) is 0 Å². The Morgan fingerprint density at radius 2 is 1.70 bits per heavy atom. The molecule has 2 heterocycles. The van der Waals surface area contributed by atoms with E-state index in [1.165, 1.54) is 5.69 Å². The van der Waals surface area contributed by atoms with Crippen LogP contribution < -0.4 is 16.0 Å². The lowest BCUT2D eigenvalue weighted by Crippen LogP contribution is -2.36. The smallest absolute Gasteiger partial charge is 0.228 e. The first-order valence-electron chi connectivity index (χ1n) is 8.82. The summed E-state index contributed by atoms with van der Waals surface area (Å²) in [6.07, 6.45) is 1.76. The van der Waals surface area contributed by atoms with Gasteiger partial charge < -0.3 is 20.7 Å². The van der Waals surface area contributed by atoms with Crippen LogP contribution in [0.25, 0.3) is 0 Å². The Labute approximate surface area is 162 Å². The van der Waals surface area contributed by atoms with E-state index < -0.39 is 0 Å². The third-order valence-corrected chi connectivity index (χ3v) is 5.18. The van der Waals surface area contributed by atoms with E-state index in [1.807, 2.05) is 42.5 Å². The molecule has 138 valence electrons. The zero-order chi connectivity index (χ0) is 18.5. The summed E-state index contributed by atoms with van der Waals surface area (Å²) in [6, 6.07) is 18.0. The van der Waals surface area contributed by atoms with Gasteiger partial charge in [-0.05, 0) is 54.6 Å². The van der Waals surface area contributed by atoms with Gasteiger partial charge in [-0.2, -0.15) is 0 Å². The molecule has 3 aromatic rings. The summed E-state index contributed by atoms with van der Waals surface area (Å²) < 4.78 is 5.40. The lowest BCUT2D eigenvalue weighted by molar-refractivity contribution is 0.122. The molecule has 4 rings (SSSR count). The molecule has 27 heavy (non-hydrogen) atoms. The van der Waals surface area contributed by atoms with E-state index in [2.05, 4.69) is 32.3 Å². The van der Waals surface area contributed by atoms with Gasteiger partial charge in [0.05, 0.1) is 13.2 Å². The number of morpholine rings is 1. The summed E-state index contributed by atoms with van der Waals surface area (Å²) in [6.45, 7) is 3.43. The topological polar surface area (TPSA) is 76.3 Å². The van der Waals surface area contributed by atoms with Gasteiger partial charge in [-0.25, -0.2) is 9.97 Å². The van der Waals surface area contributed by atoms with Gasteiger partial charge in [0.15, 0.2) is 0 Å². The number of benzene rings is 2. The largest absolute Gasteiger partial charge is 0.399 e. The Bertz CT molecular complexity index is 880. The molecule has 1 saturated heterocycles. The fourth-order valence-corrected chi connectivity index (χ4v) is 3.60. The Morgan fingerprint density at radius 3 is 2.44 bits per heavy atom. The molecular formula is C20H21N5OS. The van der Waals surface area contributed by atoms with Gasteiger partial charge in [-0.3, -0.25) is 0 Å². The van der Waals surface area contributed by atoms with Gasteiger partial charge in [0.2, 0.25) is 5.95 Å². The van der Waals surface area contributed by atoms with Crippen LogP contribution in [0.15, 0.2) is 70.7 Å². The molecule has 0 aliphatic carbocycles. The first-order valence-corrected chi connectivity index (χ1v) is 9.64. The second-order valence-electron chi connectivity index (χ2n) is 6.16. The predicted molar refractivity (Wildman–Crippen MR) is 110 cm³/mol. The van der Waals surface area contributed by atoms with Crippen molar-refractivity contribution in [3.8, 4) is 0 Å². The van der Waals surface area contributed by atoms with Gasteiger partial charge in [-0.1, -0.05) is 11.8 Å². The summed E-state index contributed by atoms with van der Waals surface area (Å²) in [5, 5.41) is 4.15. The average molecular weight is 379 g/mol. The summed E-state index contributed by atoms with van der Waals surface area (Å²) in [5.41, 5.74) is 8.65. The standard InChI is InChI=1S/C20H21N5OS/c21-15-1-7-18(8-2-15)27-19-9-10-22-20(24-19)23-16-3-5-17(6-4-16)25-11-13-26-14-12-25/h1-10H,11-14,21H2,(H,22,23,24). The SMILES string of the molecule is Nc1ccc(Sc2ccnc(Nc3ccc(N4CCOCC4)cc3)n2)cc1. The molecule has 1 aliphatic rings. The minimum Gasteiger partial charge on any atom is -0.399 e. The maximum absolute atomic E-state index is 5.73. The number of hydrogen-bond donors (Lipinski definition) is 2. The number of nitrogen functional groups attached to an aromatic ring is 1. The van der Waals surface area contributed by atoms with E-state index in [1.54, 1.807) is 18.0 Å². The molecule has 3 N–H and O–H groups in total. The number of nitrogens with zero attached hydrogens (tertiary/aromatic N) is 3. The molecule has 0 radical (unpaired) electrons. The summed E-state index contributed by atoms with van der Waals surface area (Å²) in [4.78, 5) is 12.3. The van der Waals surface area contributed by atoms with Crippen molar-refractivity contribution in [1.82, 2.24) is 9.97 Å². The highest BCUT2D eigenvalue weighted by atomic mass is 32.2. The number of ether oxygens (including phenoxy) is 1. The van der Waals surface area contributed by atoms with Crippen molar-refractivity contribution in [3.63, 3.8) is 0 Å². The highest BCUT2D eigenvalue weighted by Crippen LogP contribution is 2.27. The van der Waals surface area contributed by atoms with Crippen molar-refractivity contribution in [2.45, 2.75) is 9.92 Å². The van der Waals surface area contributed by atoms with Crippen molar-refractivity contribution in [3.05, 3.63) is 60.8 Å². The Hall–Kier alpha value is -2.77. The molecule has 1 fully saturated rings. The minimum atomic E-state index is 0.578. The van der Waals surface area contributed by atoms with Crippen LogP contribution in [0.2, 0.25) is 0 Å². The van der Waals surface area contributed by atoms with Gasteiger partial charge in [0.25, 0.3) is 0 Å². The number of hydrogen-bond acceptors (Lipinski definition) is 7. The lowest BCUT2D eigenvalue weighted by atomic mass is 10.2. The normalized spacial score (nSPS) is 14.1. The van der Waals surface area contributed by atoms with Gasteiger partial charge >= 0.3 is 0 Å². The number of nitrogens with two attached hydrogens (primary N) is 1. The fourth-order valence-electron chi connectivity index (χ4n) is 2.82. The van der Waals surface area contributed by atoms with Crippen molar-refractivity contribution in [2.24, 2.45) is 0 Å². The molecule has 7 heteroatoms. The first-order chi connectivity index (χ1) is 13.3. The van der Waals surface area contributed by atoms with Crippen LogP contribution in [0, 0.1) is 0 Å². The molecule has 2 aromatic carbocycles. The van der Waals surface area contributed by atoms with Crippen LogP contribution in [0.3, 0.4) is 0 Å². The summed E-state index contributed by atoms with van der Waals surface area (Å²) >= 11 is 1.58. The second kappa shape index (κ2) is 8.28. The summed E-state index contributed by atoms with van der Waals surface area (Å²) in [7, 11) is 0. The molecule has 6 nitrogen and oxygen atoms in total. The van der Waals surface area contributed by atoms with E-state index in [9.17, 15) is 0 Å². The van der Waals surface area contributed by atoms with Crippen molar-refractivity contribution in [1.29, 1.82) is 0 Å². The molecule has 0 unspecified atom stereocenters. The fraction of sp³-hybridized carbons (Fsp3) is 0.200. The minimum absolute atomic E-state index is 0.578. The third-order valence-electron chi connectivity index (χ3n) is 4.23. The van der Waals surface area contributed by atoms with E-state index in [0.717, 1.165) is 47.6 Å². The average Bonchev–Trinajstić information content (AvgIpc) is 2.71. The molecule has 0 atom stereocenters. The van der Waals surface area contributed by atoms with Gasteiger partial charge in [0, 0.05) is 41.2 Å². The number of aromatic nitrogens is 2. The van der Waals surface area contributed by atoms with Crippen molar-refractivity contribution < 1.29 is 4.74 Å². The third kappa shape index (κ3) is 4.69. The van der Waals surface area contributed by atoms with Crippen LogP contribution in [0.1, 0.15) is 0 Å². The van der Waals surface area contributed by atoms with Crippen molar-refractivity contribution in [2.75, 3.05) is 42.3 Å². The predicted octanol–water partition coefficient (Wildman–Crippen LogP) is 3.79. The van der Waals surface area contributed by atoms with Crippen LogP contribution in [0.4, 0.5) is 23.0 Å². The van der Waals surface area contributed by atoms with Crippen LogP contribution in [-0.4, -0.2) is 36.3 Å². The molecule has 0 bridgehead atoms. The quantitative estimate of drug-likeness (QED) is 0.516. The number of rotatable bonds is 5. The zero-order valence-electron chi connectivity index (χ0n) is 14.8. The zero-order valence-corrected chi connectivity index (χ0v) is 15.7.